The van der Waals surface area contributed by atoms with Crippen LogP contribution in [-0.2, 0) is 16.0 Å². The first kappa shape index (κ1) is 21.4. The summed E-state index contributed by atoms with van der Waals surface area (Å²) < 4.78 is 5.38. The number of aromatic nitrogens is 2. The number of pyridine rings is 1. The van der Waals surface area contributed by atoms with Crippen LogP contribution in [-0.4, -0.2) is 33.6 Å². The predicted molar refractivity (Wildman–Crippen MR) is 126 cm³/mol. The molecule has 0 saturated heterocycles. The largest absolute Gasteiger partial charge is 0.444 e. The van der Waals surface area contributed by atoms with E-state index in [4.69, 9.17) is 4.74 Å². The van der Waals surface area contributed by atoms with Crippen LogP contribution >= 0.6 is 0 Å². The molecule has 7 nitrogen and oxygen atoms in total. The molecule has 0 aliphatic rings. The Kier molecular flexibility index (Phi) is 5.81. The third kappa shape index (κ3) is 5.06. The number of H-pyrrole nitrogens is 1. The van der Waals surface area contributed by atoms with Gasteiger partial charge in [-0.25, -0.2) is 4.79 Å². The number of hydrogen-bond acceptors (Lipinski definition) is 4. The minimum Gasteiger partial charge on any atom is -0.444 e. The van der Waals surface area contributed by atoms with Crippen molar-refractivity contribution < 1.29 is 14.3 Å². The van der Waals surface area contributed by atoms with Crippen LogP contribution in [0, 0.1) is 0 Å². The molecule has 2 amide bonds. The Hall–Kier alpha value is -3.87. The van der Waals surface area contributed by atoms with Crippen molar-refractivity contribution >= 4 is 39.5 Å². The maximum absolute atomic E-state index is 13.2. The number of para-hydroxylation sites is 2. The molecule has 32 heavy (non-hydrogen) atoms. The van der Waals surface area contributed by atoms with Crippen molar-refractivity contribution in [2.45, 2.75) is 38.8 Å². The van der Waals surface area contributed by atoms with Crippen LogP contribution in [0.4, 0.5) is 10.5 Å². The minimum atomic E-state index is -0.837. The van der Waals surface area contributed by atoms with E-state index < -0.39 is 17.7 Å². The van der Waals surface area contributed by atoms with Gasteiger partial charge in [0.2, 0.25) is 5.91 Å². The molecule has 3 N–H and O–H groups in total. The molecule has 0 aliphatic heterocycles. The SMILES string of the molecule is CC(C)(C)OC(=O)N[C@@H](Cc1c[nH]c2ccccc12)C(=O)Nc1cnc2ccccc2c1. The van der Waals surface area contributed by atoms with E-state index in [9.17, 15) is 9.59 Å². The van der Waals surface area contributed by atoms with E-state index in [1.165, 1.54) is 0 Å². The summed E-state index contributed by atoms with van der Waals surface area (Å²) in [6.07, 6.45) is 3.13. The summed E-state index contributed by atoms with van der Waals surface area (Å²) in [5, 5.41) is 7.53. The normalized spacial score (nSPS) is 12.5. The number of rotatable bonds is 5. The zero-order valence-corrected chi connectivity index (χ0v) is 18.3. The van der Waals surface area contributed by atoms with Crippen LogP contribution in [0.15, 0.2) is 67.0 Å². The van der Waals surface area contributed by atoms with Crippen LogP contribution in [0.2, 0.25) is 0 Å². The van der Waals surface area contributed by atoms with Crippen molar-refractivity contribution in [3.8, 4) is 0 Å². The second-order valence-corrected chi connectivity index (χ2v) is 8.67. The number of fused-ring (bicyclic) bond motifs is 2. The fraction of sp³-hybridized carbons (Fsp3) is 0.240. The Labute approximate surface area is 186 Å². The van der Waals surface area contributed by atoms with E-state index in [0.717, 1.165) is 27.4 Å². The zero-order valence-electron chi connectivity index (χ0n) is 18.3. The molecule has 1 atom stereocenters. The summed E-state index contributed by atoms with van der Waals surface area (Å²) in [7, 11) is 0. The lowest BCUT2D eigenvalue weighted by Gasteiger charge is -2.23. The first-order chi connectivity index (χ1) is 15.3. The second kappa shape index (κ2) is 8.70. The van der Waals surface area contributed by atoms with Gasteiger partial charge in [-0.1, -0.05) is 36.4 Å². The molecule has 0 radical (unpaired) electrons. The van der Waals surface area contributed by atoms with E-state index in [1.54, 1.807) is 27.0 Å². The van der Waals surface area contributed by atoms with Crippen molar-refractivity contribution in [2.24, 2.45) is 0 Å². The monoisotopic (exact) mass is 430 g/mol. The Morgan fingerprint density at radius 3 is 2.66 bits per heavy atom. The molecule has 0 saturated carbocycles. The van der Waals surface area contributed by atoms with Gasteiger partial charge >= 0.3 is 6.09 Å². The van der Waals surface area contributed by atoms with Gasteiger partial charge in [-0.15, -0.1) is 0 Å². The summed E-state index contributed by atoms with van der Waals surface area (Å²) in [5.74, 6) is -0.349. The summed E-state index contributed by atoms with van der Waals surface area (Å²) in [6, 6.07) is 16.5. The van der Waals surface area contributed by atoms with Crippen LogP contribution in [0.25, 0.3) is 21.8 Å². The van der Waals surface area contributed by atoms with Gasteiger partial charge in [-0.2, -0.15) is 0 Å². The molecule has 0 unspecified atom stereocenters. The summed E-state index contributed by atoms with van der Waals surface area (Å²) in [5.41, 5.74) is 2.62. The van der Waals surface area contributed by atoms with Crippen molar-refractivity contribution in [1.29, 1.82) is 0 Å². The molecular weight excluding hydrogens is 404 g/mol. The predicted octanol–water partition coefficient (Wildman–Crippen LogP) is 4.79. The van der Waals surface area contributed by atoms with Gasteiger partial charge in [-0.3, -0.25) is 9.78 Å². The maximum Gasteiger partial charge on any atom is 0.408 e. The van der Waals surface area contributed by atoms with Crippen molar-refractivity contribution in [2.75, 3.05) is 5.32 Å². The van der Waals surface area contributed by atoms with Crippen molar-refractivity contribution in [1.82, 2.24) is 15.3 Å². The fourth-order valence-corrected chi connectivity index (χ4v) is 3.55. The first-order valence-corrected chi connectivity index (χ1v) is 10.5. The van der Waals surface area contributed by atoms with Gasteiger partial charge in [0.1, 0.15) is 11.6 Å². The highest BCUT2D eigenvalue weighted by atomic mass is 16.6. The average Bonchev–Trinajstić information content (AvgIpc) is 3.15. The quantitative estimate of drug-likeness (QED) is 0.424. The molecule has 0 aliphatic carbocycles. The third-order valence-corrected chi connectivity index (χ3v) is 4.96. The molecule has 2 heterocycles. The number of anilines is 1. The van der Waals surface area contributed by atoms with Crippen molar-refractivity contribution in [3.05, 3.63) is 72.6 Å². The highest BCUT2D eigenvalue weighted by Crippen LogP contribution is 2.21. The van der Waals surface area contributed by atoms with E-state index in [-0.39, 0.29) is 5.91 Å². The lowest BCUT2D eigenvalue weighted by atomic mass is 10.0. The van der Waals surface area contributed by atoms with Crippen molar-refractivity contribution in [3.63, 3.8) is 0 Å². The van der Waals surface area contributed by atoms with Gasteiger partial charge < -0.3 is 20.4 Å². The number of ether oxygens (including phenoxy) is 1. The Morgan fingerprint density at radius 2 is 1.84 bits per heavy atom. The molecule has 0 spiro atoms. The van der Waals surface area contributed by atoms with Crippen LogP contribution in [0.5, 0.6) is 0 Å². The molecule has 7 heteroatoms. The number of amides is 2. The smallest absolute Gasteiger partial charge is 0.408 e. The number of aromatic amines is 1. The average molecular weight is 431 g/mol. The highest BCUT2D eigenvalue weighted by molar-refractivity contribution is 5.98. The number of benzene rings is 2. The van der Waals surface area contributed by atoms with Gasteiger partial charge in [0.25, 0.3) is 0 Å². The number of nitrogens with one attached hydrogen (secondary N) is 3. The van der Waals surface area contributed by atoms with E-state index in [1.807, 2.05) is 60.8 Å². The van der Waals surface area contributed by atoms with Gasteiger partial charge in [0, 0.05) is 28.9 Å². The Morgan fingerprint density at radius 1 is 1.09 bits per heavy atom. The Bertz CT molecular complexity index is 1270. The Balaban J connectivity index is 1.57. The van der Waals surface area contributed by atoms with Crippen LogP contribution in [0.1, 0.15) is 26.3 Å². The number of nitrogens with zero attached hydrogens (tertiary/aromatic N) is 1. The molecule has 2 aromatic carbocycles. The fourth-order valence-electron chi connectivity index (χ4n) is 3.55. The maximum atomic E-state index is 13.2. The number of alkyl carbamates (subject to hydrolysis) is 1. The van der Waals surface area contributed by atoms with Gasteiger partial charge in [-0.05, 0) is 44.5 Å². The number of hydrogen-bond donors (Lipinski definition) is 3. The molecule has 4 aromatic rings. The topological polar surface area (TPSA) is 96.1 Å². The lowest BCUT2D eigenvalue weighted by Crippen LogP contribution is -2.47. The summed E-state index contributed by atoms with van der Waals surface area (Å²) in [6.45, 7) is 5.34. The molecule has 164 valence electrons. The number of carbonyl (C=O) groups is 2. The second-order valence-electron chi connectivity index (χ2n) is 8.67. The lowest BCUT2D eigenvalue weighted by molar-refractivity contribution is -0.118. The minimum absolute atomic E-state index is 0.302. The molecule has 2 aromatic heterocycles. The van der Waals surface area contributed by atoms with Crippen LogP contribution < -0.4 is 10.6 Å². The molecule has 4 rings (SSSR count). The molecule has 0 bridgehead atoms. The van der Waals surface area contributed by atoms with E-state index in [0.29, 0.717) is 12.1 Å². The molecule has 0 fully saturated rings. The standard InChI is InChI=1S/C25H26N4O3/c1-25(2,3)32-24(31)29-22(13-17-14-26-21-11-7-5-9-19(17)21)23(30)28-18-12-16-8-4-6-10-20(16)27-15-18/h4-12,14-15,22,26H,13H2,1-3H3,(H,28,30)(H,29,31)/t22-/m0/s1. The highest BCUT2D eigenvalue weighted by Gasteiger charge is 2.26. The van der Waals surface area contributed by atoms with E-state index >= 15 is 0 Å². The first-order valence-electron chi connectivity index (χ1n) is 10.5. The van der Waals surface area contributed by atoms with Gasteiger partial charge in [0.05, 0.1) is 17.4 Å². The van der Waals surface area contributed by atoms with E-state index in [2.05, 4.69) is 20.6 Å². The zero-order chi connectivity index (χ0) is 22.7. The third-order valence-electron chi connectivity index (χ3n) is 4.96. The van der Waals surface area contributed by atoms with Gasteiger partial charge in [0.15, 0.2) is 0 Å². The number of carbonyl (C=O) groups excluding carboxylic acids is 2. The van der Waals surface area contributed by atoms with Crippen LogP contribution in [0.3, 0.4) is 0 Å². The summed E-state index contributed by atoms with van der Waals surface area (Å²) in [4.78, 5) is 33.2. The summed E-state index contributed by atoms with van der Waals surface area (Å²) >= 11 is 0. The molecular formula is C25H26N4O3.